The van der Waals surface area contributed by atoms with Gasteiger partial charge in [-0.25, -0.2) is 0 Å². The number of benzene rings is 1. The summed E-state index contributed by atoms with van der Waals surface area (Å²) in [6.45, 7) is 6.76. The minimum atomic E-state index is -1.67. The Hall–Kier alpha value is -4.25. The van der Waals surface area contributed by atoms with Gasteiger partial charge in [0.15, 0.2) is 0 Å². The van der Waals surface area contributed by atoms with Crippen LogP contribution in [0.5, 0.6) is 0 Å². The number of aliphatic hydroxyl groups is 2. The maximum absolute atomic E-state index is 14.6. The molecular weight excluding hydrogens is 1140 g/mol. The fourth-order valence-electron chi connectivity index (χ4n) is 8.02. The Labute approximate surface area is 479 Å². The summed E-state index contributed by atoms with van der Waals surface area (Å²) < 4.78 is 6.04. The van der Waals surface area contributed by atoms with Crippen LogP contribution in [0.15, 0.2) is 30.3 Å². The lowest BCUT2D eigenvalue weighted by Gasteiger charge is -2.30. The number of nitrogens with two attached hydrogens (primary N) is 2. The first kappa shape index (κ1) is 71.9. The van der Waals surface area contributed by atoms with Crippen molar-refractivity contribution in [2.75, 3.05) is 60.9 Å². The van der Waals surface area contributed by atoms with E-state index < -0.39 is 159 Å². The van der Waals surface area contributed by atoms with Crippen LogP contribution in [0.4, 0.5) is 0 Å². The monoisotopic (exact) mass is 1220 g/mol. The summed E-state index contributed by atoms with van der Waals surface area (Å²) in [4.78, 5) is 141. The molecule has 0 spiro atoms. The highest BCUT2D eigenvalue weighted by molar-refractivity contribution is 7.36. The van der Waals surface area contributed by atoms with Gasteiger partial charge in [-0.15, -0.1) is 0 Å². The molecule has 80 heavy (non-hydrogen) atoms. The quantitative estimate of drug-likeness (QED) is 0.0481. The van der Waals surface area contributed by atoms with Gasteiger partial charge in [0.2, 0.25) is 59.1 Å². The van der Waals surface area contributed by atoms with Gasteiger partial charge in [0.25, 0.3) is 0 Å². The van der Waals surface area contributed by atoms with Crippen LogP contribution in [0.25, 0.3) is 0 Å². The van der Waals surface area contributed by atoms with Crippen molar-refractivity contribution in [3.63, 3.8) is 0 Å². The molecule has 0 bridgehead atoms. The smallest absolute Gasteiger partial charge is 0.245 e. The minimum absolute atomic E-state index is 0.0654. The second-order valence-corrected chi connectivity index (χ2v) is 25.3. The van der Waals surface area contributed by atoms with E-state index in [1.54, 1.807) is 70.1 Å². The van der Waals surface area contributed by atoms with Gasteiger partial charge < -0.3 is 74.6 Å². The lowest BCUT2D eigenvalue weighted by atomic mass is 10.0. The van der Waals surface area contributed by atoms with E-state index in [9.17, 15) is 58.2 Å². The molecule has 18 atom stereocenters. The van der Waals surface area contributed by atoms with E-state index >= 15 is 0 Å². The fourth-order valence-corrected chi connectivity index (χ4v) is 9.31. The molecule has 0 saturated carbocycles. The van der Waals surface area contributed by atoms with Gasteiger partial charge in [-0.3, -0.25) is 66.6 Å². The zero-order chi connectivity index (χ0) is 60.7. The van der Waals surface area contributed by atoms with Crippen molar-refractivity contribution >= 4 is 105 Å². The average molecular weight is 1220 g/mol. The number of nitrogens with zero attached hydrogens (tertiary/aromatic N) is 4. The molecule has 1 heterocycles. The molecule has 1 aromatic rings. The lowest BCUT2D eigenvalue weighted by Crippen LogP contribution is -2.63. The molecule has 28 nitrogen and oxygen atoms in total. The third-order valence-electron chi connectivity index (χ3n) is 12.2. The van der Waals surface area contributed by atoms with Crippen LogP contribution >= 0.6 is 46.3 Å². The number of hydrogen-bond acceptors (Lipinski definition) is 18. The number of aliphatic hydroxyl groups excluding tert-OH is 2. The molecular formula is C47H87N16O12P5. The van der Waals surface area contributed by atoms with Crippen molar-refractivity contribution in [2.45, 2.75) is 132 Å². The number of hydrogen-bond donors (Lipinski definition) is 14. The number of carbonyl (C=O) groups excluding carboxylic acids is 10. The van der Waals surface area contributed by atoms with Crippen molar-refractivity contribution in [1.29, 1.82) is 0 Å². The molecule has 0 aliphatic carbocycles. The van der Waals surface area contributed by atoms with Gasteiger partial charge in [-0.1, -0.05) is 97.4 Å². The predicted molar refractivity (Wildman–Crippen MR) is 317 cm³/mol. The summed E-state index contributed by atoms with van der Waals surface area (Å²) in [7, 11) is 15.4. The van der Waals surface area contributed by atoms with Crippen molar-refractivity contribution in [3.8, 4) is 0 Å². The van der Waals surface area contributed by atoms with Crippen LogP contribution in [0, 0.1) is 5.92 Å². The molecule has 33 heteroatoms. The Morgan fingerprint density at radius 2 is 1.14 bits per heavy atom. The van der Waals surface area contributed by atoms with Gasteiger partial charge in [-0.05, 0) is 66.4 Å². The van der Waals surface area contributed by atoms with Crippen LogP contribution in [0.2, 0.25) is 0 Å². The minimum Gasteiger partial charge on any atom is -0.391 e. The molecule has 10 amide bonds. The molecule has 2 rings (SSSR count). The second-order valence-electron chi connectivity index (χ2n) is 20.5. The molecule has 452 valence electrons. The highest BCUT2D eigenvalue weighted by atomic mass is 31.1. The van der Waals surface area contributed by atoms with E-state index in [-0.39, 0.29) is 44.9 Å². The van der Waals surface area contributed by atoms with Crippen molar-refractivity contribution in [2.24, 2.45) is 17.2 Å². The maximum Gasteiger partial charge on any atom is 0.245 e. The number of nitrogens with one attached hydrogen (secondary N) is 10. The van der Waals surface area contributed by atoms with E-state index in [0.29, 0.717) is 5.56 Å². The Bertz CT molecular complexity index is 2240. The molecule has 1 saturated heterocycles. The summed E-state index contributed by atoms with van der Waals surface area (Å²) in [5.41, 5.74) is 11.9. The molecule has 16 N–H and O–H groups in total. The van der Waals surface area contributed by atoms with Crippen LogP contribution in [0.1, 0.15) is 53.0 Å². The highest BCUT2D eigenvalue weighted by Gasteiger charge is 2.38. The summed E-state index contributed by atoms with van der Waals surface area (Å²) >= 11 is 0. The normalized spacial score (nSPS) is 24.1. The second kappa shape index (κ2) is 35.7. The third-order valence-corrected chi connectivity index (χ3v) is 13.9. The molecule has 0 radical (unpaired) electrons. The SMILES string of the molecule is CC(C)CC1NC(=O)C(Cc2ccccc2)NC(=O)C(CN(C)P)NC(=O)C(NC(=O)C(CN(C)P)NC(=O)C(NC(=O)C(N)CN(C)P)C(C)O)CCNC(=O)C(C(C)O)NC(=O)C(C(C)PN)NC(=O)C(CN(C)P)NC1=O. The van der Waals surface area contributed by atoms with Crippen molar-refractivity contribution < 1.29 is 58.2 Å². The molecule has 1 aliphatic heterocycles. The topological polar surface area (TPSA) is 396 Å². The number of carbonyl (C=O) groups is 10. The van der Waals surface area contributed by atoms with E-state index in [1.807, 2.05) is 13.8 Å². The van der Waals surface area contributed by atoms with Crippen LogP contribution in [-0.2, 0) is 54.4 Å². The summed E-state index contributed by atoms with van der Waals surface area (Å²) in [5.74, 6) is -9.06. The molecule has 1 aromatic carbocycles. The fraction of sp³-hybridized carbons (Fsp3) is 0.660. The molecule has 1 aliphatic rings. The standard InChI is InChI=1S/C47H87N16O12P5/c1-23(2)17-30-40(68)55-34(22-63(9)79)44(72)59-37(26(5)80-49)47(75)58-35(24(3)64)45(73)50-16-15-29(39(67)54-32(20-61(7)77)43(71)53-31(41(69)52-30)18-27-13-11-10-12-14-27)51-42(70)33(21-62(8)78)56-46(74)36(25(4)65)57-38(66)28(48)19-60(6)76/h10-14,23-26,28-37,64-65,80H,15-22,48-49,76-79H2,1-9H3,(H,50,73)(H,51,70)(H,52,69)(H,53,71)(H,54,67)(H,55,68)(H,56,74)(H,57,66)(H,58,75)(H,59,72). The van der Waals surface area contributed by atoms with Gasteiger partial charge in [0.05, 0.1) is 18.2 Å². The maximum atomic E-state index is 14.6. The molecule has 1 fully saturated rings. The summed E-state index contributed by atoms with van der Waals surface area (Å²) in [6.07, 6.45) is -3.48. The first-order valence-corrected chi connectivity index (χ1v) is 29.0. The van der Waals surface area contributed by atoms with E-state index in [1.165, 1.54) is 27.9 Å². The van der Waals surface area contributed by atoms with Gasteiger partial charge in [0.1, 0.15) is 54.4 Å². The van der Waals surface area contributed by atoms with Gasteiger partial charge in [-0.2, -0.15) is 0 Å². The Kier molecular flexibility index (Phi) is 32.0. The zero-order valence-corrected chi connectivity index (χ0v) is 52.5. The van der Waals surface area contributed by atoms with Crippen LogP contribution in [0.3, 0.4) is 0 Å². The lowest BCUT2D eigenvalue weighted by molar-refractivity contribution is -0.136. The van der Waals surface area contributed by atoms with Crippen LogP contribution < -0.4 is 64.4 Å². The Morgan fingerprint density at radius 3 is 1.65 bits per heavy atom. The highest BCUT2D eigenvalue weighted by Crippen LogP contribution is 2.16. The Balaban J connectivity index is 2.84. The summed E-state index contributed by atoms with van der Waals surface area (Å²) in [5, 5.41) is 47.5. The van der Waals surface area contributed by atoms with Crippen molar-refractivity contribution in [1.82, 2.24) is 71.8 Å². The number of amides is 10. The van der Waals surface area contributed by atoms with E-state index in [4.69, 9.17) is 11.2 Å². The first-order chi connectivity index (χ1) is 37.3. The van der Waals surface area contributed by atoms with Crippen LogP contribution in [-0.4, -0.2) is 227 Å². The predicted octanol–water partition coefficient (Wildman–Crippen LogP) is -5.92. The summed E-state index contributed by atoms with van der Waals surface area (Å²) in [6, 6.07) is -5.72. The number of likely N-dealkylation sites (N-methyl/N-ethyl adjacent to an activating group) is 4. The zero-order valence-electron chi connectivity index (χ0n) is 46.9. The Morgan fingerprint density at radius 1 is 0.637 bits per heavy atom. The third kappa shape index (κ3) is 25.5. The van der Waals surface area contributed by atoms with E-state index in [0.717, 1.165) is 0 Å². The molecule has 0 aromatic heterocycles. The van der Waals surface area contributed by atoms with Gasteiger partial charge in [0, 0.05) is 44.8 Å². The largest absolute Gasteiger partial charge is 0.391 e. The van der Waals surface area contributed by atoms with Crippen molar-refractivity contribution in [3.05, 3.63) is 35.9 Å². The first-order valence-electron chi connectivity index (χ1n) is 25.8. The number of rotatable bonds is 22. The van der Waals surface area contributed by atoms with Gasteiger partial charge >= 0.3 is 0 Å². The average Bonchev–Trinajstić information content (AvgIpc) is 3.35. The van der Waals surface area contributed by atoms with E-state index in [2.05, 4.69) is 90.7 Å². The molecule has 18 unspecified atom stereocenters.